The summed E-state index contributed by atoms with van der Waals surface area (Å²) in [6, 6.07) is 11.6. The van der Waals surface area contributed by atoms with E-state index in [1.54, 1.807) is 12.1 Å². The van der Waals surface area contributed by atoms with Crippen LogP contribution in [0.15, 0.2) is 30.3 Å². The van der Waals surface area contributed by atoms with Gasteiger partial charge in [-0.1, -0.05) is 12.1 Å². The number of hydrogen-bond donors (Lipinski definition) is 1. The first-order chi connectivity index (χ1) is 11.7. The number of hydrogen-bond acceptors (Lipinski definition) is 3. The normalized spacial score (nSPS) is 17.5. The molecule has 1 N–H and O–H groups in total. The first kappa shape index (κ1) is 16.3. The van der Waals surface area contributed by atoms with Gasteiger partial charge in [-0.05, 0) is 49.9 Å². The minimum absolute atomic E-state index is 0.205. The second-order valence-electron chi connectivity index (χ2n) is 6.46. The van der Waals surface area contributed by atoms with Crippen LogP contribution in [0.25, 0.3) is 0 Å². The second-order valence-corrected chi connectivity index (χ2v) is 6.46. The Kier molecular flexibility index (Phi) is 4.95. The van der Waals surface area contributed by atoms with Crippen LogP contribution < -0.4 is 0 Å². The molecule has 24 heavy (non-hydrogen) atoms. The highest BCUT2D eigenvalue weighted by Gasteiger charge is 2.25. The van der Waals surface area contributed by atoms with Gasteiger partial charge in [0.05, 0.1) is 17.3 Å². The number of piperidine rings is 1. The summed E-state index contributed by atoms with van der Waals surface area (Å²) in [5.41, 5.74) is 3.88. The average Bonchev–Trinajstić information content (AvgIpc) is 3.06. The molecule has 2 heterocycles. The Morgan fingerprint density at radius 2 is 2.21 bits per heavy atom. The van der Waals surface area contributed by atoms with Gasteiger partial charge in [0.15, 0.2) is 0 Å². The quantitative estimate of drug-likeness (QED) is 0.940. The standard InChI is InChI=1S/C19H22N4O/c1-14-11-18(22-21-14)17-3-2-10-23(13-17)19(24)9-8-15-4-6-16(12-20)7-5-15/h4-7,11,17H,2-3,8-10,13H2,1H3,(H,21,22)/t17-/m1/s1. The van der Waals surface area contributed by atoms with Crippen LogP contribution in [0.5, 0.6) is 0 Å². The third-order valence-corrected chi connectivity index (χ3v) is 4.63. The maximum atomic E-state index is 12.5. The zero-order valence-electron chi connectivity index (χ0n) is 14.0. The van der Waals surface area contributed by atoms with E-state index >= 15 is 0 Å². The number of nitrogens with zero attached hydrogens (tertiary/aromatic N) is 3. The van der Waals surface area contributed by atoms with E-state index in [1.807, 2.05) is 24.0 Å². The summed E-state index contributed by atoms with van der Waals surface area (Å²) in [5.74, 6) is 0.541. The van der Waals surface area contributed by atoms with Gasteiger partial charge in [0.1, 0.15) is 0 Å². The summed E-state index contributed by atoms with van der Waals surface area (Å²) in [6.07, 6.45) is 3.34. The van der Waals surface area contributed by atoms with Crippen molar-refractivity contribution in [2.24, 2.45) is 0 Å². The van der Waals surface area contributed by atoms with E-state index in [0.29, 0.717) is 24.3 Å². The number of amides is 1. The highest BCUT2D eigenvalue weighted by atomic mass is 16.2. The molecule has 0 bridgehead atoms. The van der Waals surface area contributed by atoms with Gasteiger partial charge in [0, 0.05) is 31.1 Å². The second kappa shape index (κ2) is 7.31. The molecule has 1 aromatic carbocycles. The van der Waals surface area contributed by atoms with Gasteiger partial charge in [-0.15, -0.1) is 0 Å². The molecule has 124 valence electrons. The Balaban J connectivity index is 1.55. The third-order valence-electron chi connectivity index (χ3n) is 4.63. The van der Waals surface area contributed by atoms with Crippen molar-refractivity contribution >= 4 is 5.91 Å². The molecule has 0 spiro atoms. The van der Waals surface area contributed by atoms with Gasteiger partial charge >= 0.3 is 0 Å². The van der Waals surface area contributed by atoms with Crippen molar-refractivity contribution in [1.82, 2.24) is 15.1 Å². The Labute approximate surface area is 142 Å². The molecule has 0 saturated carbocycles. The fraction of sp³-hybridized carbons (Fsp3) is 0.421. The van der Waals surface area contributed by atoms with Crippen LogP contribution in [-0.2, 0) is 11.2 Å². The Morgan fingerprint density at radius 1 is 1.42 bits per heavy atom. The van der Waals surface area contributed by atoms with E-state index in [0.717, 1.165) is 42.9 Å². The topological polar surface area (TPSA) is 72.8 Å². The predicted octanol–water partition coefficient (Wildman–Crippen LogP) is 2.93. The average molecular weight is 322 g/mol. The van der Waals surface area contributed by atoms with Crippen LogP contribution >= 0.6 is 0 Å². The Hall–Kier alpha value is -2.61. The number of likely N-dealkylation sites (tertiary alicyclic amines) is 1. The maximum absolute atomic E-state index is 12.5. The molecule has 1 saturated heterocycles. The highest BCUT2D eigenvalue weighted by Crippen LogP contribution is 2.26. The Morgan fingerprint density at radius 3 is 2.88 bits per heavy atom. The summed E-state index contributed by atoms with van der Waals surface area (Å²) in [6.45, 7) is 3.60. The Bertz CT molecular complexity index is 741. The summed E-state index contributed by atoms with van der Waals surface area (Å²) in [7, 11) is 0. The molecule has 1 aliphatic rings. The molecule has 5 nitrogen and oxygen atoms in total. The summed E-state index contributed by atoms with van der Waals surface area (Å²) >= 11 is 0. The largest absolute Gasteiger partial charge is 0.342 e. The number of rotatable bonds is 4. The number of aryl methyl sites for hydroxylation is 2. The monoisotopic (exact) mass is 322 g/mol. The van der Waals surface area contributed by atoms with Gasteiger partial charge in [-0.2, -0.15) is 10.4 Å². The number of aromatic nitrogens is 2. The minimum atomic E-state index is 0.205. The fourth-order valence-electron chi connectivity index (χ4n) is 3.25. The molecule has 1 aliphatic heterocycles. The number of aromatic amines is 1. The number of nitrogens with one attached hydrogen (secondary N) is 1. The lowest BCUT2D eigenvalue weighted by Gasteiger charge is -2.32. The van der Waals surface area contributed by atoms with Gasteiger partial charge in [0.2, 0.25) is 5.91 Å². The van der Waals surface area contributed by atoms with Crippen molar-refractivity contribution in [3.05, 3.63) is 52.8 Å². The first-order valence-electron chi connectivity index (χ1n) is 8.44. The molecule has 1 amide bonds. The van der Waals surface area contributed by atoms with Crippen molar-refractivity contribution in [3.63, 3.8) is 0 Å². The molecule has 0 unspecified atom stereocenters. The van der Waals surface area contributed by atoms with E-state index < -0.39 is 0 Å². The van der Waals surface area contributed by atoms with Crippen molar-refractivity contribution in [2.45, 2.75) is 38.5 Å². The summed E-state index contributed by atoms with van der Waals surface area (Å²) in [5, 5.41) is 16.2. The van der Waals surface area contributed by atoms with Crippen molar-refractivity contribution in [1.29, 1.82) is 5.26 Å². The number of carbonyl (C=O) groups excluding carboxylic acids is 1. The number of nitriles is 1. The van der Waals surface area contributed by atoms with Gasteiger partial charge in [0.25, 0.3) is 0 Å². The van der Waals surface area contributed by atoms with E-state index in [1.165, 1.54) is 0 Å². The molecule has 1 aromatic heterocycles. The lowest BCUT2D eigenvalue weighted by atomic mass is 9.94. The summed E-state index contributed by atoms with van der Waals surface area (Å²) < 4.78 is 0. The van der Waals surface area contributed by atoms with E-state index in [4.69, 9.17) is 5.26 Å². The molecule has 0 radical (unpaired) electrons. The van der Waals surface area contributed by atoms with Crippen LogP contribution in [0.2, 0.25) is 0 Å². The van der Waals surface area contributed by atoms with Gasteiger partial charge in [-0.3, -0.25) is 9.89 Å². The van der Waals surface area contributed by atoms with Gasteiger partial charge < -0.3 is 4.90 Å². The first-order valence-corrected chi connectivity index (χ1v) is 8.44. The van der Waals surface area contributed by atoms with Crippen LogP contribution in [-0.4, -0.2) is 34.1 Å². The maximum Gasteiger partial charge on any atom is 0.222 e. The van der Waals surface area contributed by atoms with Gasteiger partial charge in [-0.25, -0.2) is 0 Å². The van der Waals surface area contributed by atoms with Crippen LogP contribution in [0.3, 0.4) is 0 Å². The third kappa shape index (κ3) is 3.83. The van der Waals surface area contributed by atoms with Crippen LogP contribution in [0.1, 0.15) is 47.7 Å². The number of carbonyl (C=O) groups is 1. The van der Waals surface area contributed by atoms with Crippen molar-refractivity contribution in [2.75, 3.05) is 13.1 Å². The molecule has 3 rings (SSSR count). The zero-order chi connectivity index (χ0) is 16.9. The fourth-order valence-corrected chi connectivity index (χ4v) is 3.25. The van der Waals surface area contributed by atoms with Crippen molar-refractivity contribution in [3.8, 4) is 6.07 Å². The number of H-pyrrole nitrogens is 1. The zero-order valence-corrected chi connectivity index (χ0v) is 14.0. The van der Waals surface area contributed by atoms with Crippen LogP contribution in [0, 0.1) is 18.3 Å². The highest BCUT2D eigenvalue weighted by molar-refractivity contribution is 5.76. The molecular formula is C19H22N4O. The van der Waals surface area contributed by atoms with Crippen LogP contribution in [0.4, 0.5) is 0 Å². The predicted molar refractivity (Wildman–Crippen MR) is 91.4 cm³/mol. The molecular weight excluding hydrogens is 300 g/mol. The molecule has 0 aliphatic carbocycles. The van der Waals surface area contributed by atoms with E-state index in [2.05, 4.69) is 22.3 Å². The molecule has 5 heteroatoms. The lowest BCUT2D eigenvalue weighted by molar-refractivity contribution is -0.132. The summed E-state index contributed by atoms with van der Waals surface area (Å²) in [4.78, 5) is 14.5. The molecule has 1 fully saturated rings. The molecule has 1 atom stereocenters. The lowest BCUT2D eigenvalue weighted by Crippen LogP contribution is -2.39. The molecule has 2 aromatic rings. The minimum Gasteiger partial charge on any atom is -0.342 e. The van der Waals surface area contributed by atoms with E-state index in [9.17, 15) is 4.79 Å². The SMILES string of the molecule is Cc1cc([C@@H]2CCCN(C(=O)CCc3ccc(C#N)cc3)C2)n[nH]1. The van der Waals surface area contributed by atoms with Crippen molar-refractivity contribution < 1.29 is 4.79 Å². The van der Waals surface area contributed by atoms with E-state index in [-0.39, 0.29) is 5.91 Å². The number of benzene rings is 1. The smallest absolute Gasteiger partial charge is 0.222 e.